The van der Waals surface area contributed by atoms with E-state index in [-0.39, 0.29) is 18.8 Å². The summed E-state index contributed by atoms with van der Waals surface area (Å²) in [6.07, 6.45) is 1.23. The van der Waals surface area contributed by atoms with Crippen LogP contribution in [0.4, 0.5) is 0 Å². The van der Waals surface area contributed by atoms with E-state index in [9.17, 15) is 14.7 Å². The standard InChI is InChI=1S/C11H17IO4/c1-2-16-10(15)11(6-8(13)7-12)5-3-4-9(11)14/h8,13H,2-7H2,1H3. The molecule has 0 aliphatic heterocycles. The fourth-order valence-corrected chi connectivity index (χ4v) is 2.48. The van der Waals surface area contributed by atoms with E-state index in [4.69, 9.17) is 4.74 Å². The molecular formula is C11H17IO4. The Bertz CT molecular complexity index is 279. The molecule has 0 aromatic carbocycles. The van der Waals surface area contributed by atoms with E-state index in [0.29, 0.717) is 23.7 Å². The van der Waals surface area contributed by atoms with Crippen molar-refractivity contribution in [3.8, 4) is 0 Å². The smallest absolute Gasteiger partial charge is 0.319 e. The molecule has 0 aromatic rings. The third-order valence-corrected chi connectivity index (χ3v) is 3.99. The zero-order valence-corrected chi connectivity index (χ0v) is 11.5. The second kappa shape index (κ2) is 5.95. The van der Waals surface area contributed by atoms with Crippen molar-refractivity contribution < 1.29 is 19.4 Å². The molecule has 1 aliphatic carbocycles. The minimum absolute atomic E-state index is 0.0742. The average molecular weight is 340 g/mol. The van der Waals surface area contributed by atoms with Crippen LogP contribution in [0.2, 0.25) is 0 Å². The maximum Gasteiger partial charge on any atom is 0.319 e. The van der Waals surface area contributed by atoms with Gasteiger partial charge >= 0.3 is 5.97 Å². The van der Waals surface area contributed by atoms with Gasteiger partial charge in [0.2, 0.25) is 0 Å². The van der Waals surface area contributed by atoms with Crippen molar-refractivity contribution >= 4 is 34.3 Å². The van der Waals surface area contributed by atoms with E-state index in [2.05, 4.69) is 0 Å². The first-order valence-corrected chi connectivity index (χ1v) is 7.04. The quantitative estimate of drug-likeness (QED) is 0.356. The van der Waals surface area contributed by atoms with Crippen LogP contribution in [-0.2, 0) is 14.3 Å². The van der Waals surface area contributed by atoms with Gasteiger partial charge in [0, 0.05) is 10.8 Å². The van der Waals surface area contributed by atoms with Crippen molar-refractivity contribution in [1.82, 2.24) is 0 Å². The Hall–Kier alpha value is -0.170. The zero-order chi connectivity index (χ0) is 12.2. The first-order chi connectivity index (χ1) is 7.56. The van der Waals surface area contributed by atoms with E-state index in [1.807, 2.05) is 22.6 Å². The lowest BCUT2D eigenvalue weighted by atomic mass is 9.80. The van der Waals surface area contributed by atoms with Crippen molar-refractivity contribution in [1.29, 1.82) is 0 Å². The van der Waals surface area contributed by atoms with Crippen molar-refractivity contribution in [3.63, 3.8) is 0 Å². The van der Waals surface area contributed by atoms with Crippen LogP contribution in [0.5, 0.6) is 0 Å². The van der Waals surface area contributed by atoms with Crippen molar-refractivity contribution in [2.45, 2.75) is 38.7 Å². The minimum atomic E-state index is -1.07. The van der Waals surface area contributed by atoms with Crippen LogP contribution in [-0.4, -0.2) is 34.0 Å². The van der Waals surface area contributed by atoms with Crippen LogP contribution >= 0.6 is 22.6 Å². The van der Waals surface area contributed by atoms with Gasteiger partial charge in [0.05, 0.1) is 12.7 Å². The molecule has 0 aromatic heterocycles. The number of hydrogen-bond acceptors (Lipinski definition) is 4. The van der Waals surface area contributed by atoms with Crippen molar-refractivity contribution in [2.75, 3.05) is 11.0 Å². The van der Waals surface area contributed by atoms with Crippen molar-refractivity contribution in [2.24, 2.45) is 5.41 Å². The molecule has 0 radical (unpaired) electrons. The lowest BCUT2D eigenvalue weighted by Gasteiger charge is -2.26. The average Bonchev–Trinajstić information content (AvgIpc) is 2.61. The molecule has 1 N–H and O–H groups in total. The van der Waals surface area contributed by atoms with E-state index < -0.39 is 17.5 Å². The largest absolute Gasteiger partial charge is 0.465 e. The van der Waals surface area contributed by atoms with Crippen LogP contribution in [0, 0.1) is 5.41 Å². The minimum Gasteiger partial charge on any atom is -0.465 e. The summed E-state index contributed by atoms with van der Waals surface area (Å²) in [7, 11) is 0. The van der Waals surface area contributed by atoms with E-state index >= 15 is 0 Å². The number of carbonyl (C=O) groups is 2. The lowest BCUT2D eigenvalue weighted by Crippen LogP contribution is -2.40. The second-order valence-corrected chi connectivity index (χ2v) is 4.97. The number of aliphatic hydroxyl groups is 1. The van der Waals surface area contributed by atoms with Gasteiger partial charge in [0.25, 0.3) is 0 Å². The predicted octanol–water partition coefficient (Wildman–Crippen LogP) is 1.47. The summed E-state index contributed by atoms with van der Waals surface area (Å²) in [5.74, 6) is -0.531. The number of esters is 1. The highest BCUT2D eigenvalue weighted by molar-refractivity contribution is 14.1. The van der Waals surface area contributed by atoms with Gasteiger partial charge in [-0.15, -0.1) is 0 Å². The van der Waals surface area contributed by atoms with Crippen LogP contribution in [0.1, 0.15) is 32.6 Å². The molecule has 0 saturated heterocycles. The fourth-order valence-electron chi connectivity index (χ4n) is 2.17. The molecule has 4 nitrogen and oxygen atoms in total. The third-order valence-electron chi connectivity index (χ3n) is 2.97. The lowest BCUT2D eigenvalue weighted by molar-refractivity contribution is -0.160. The molecule has 0 bridgehead atoms. The Morgan fingerprint density at radius 1 is 1.69 bits per heavy atom. The molecule has 1 saturated carbocycles. The van der Waals surface area contributed by atoms with Crippen LogP contribution < -0.4 is 0 Å². The summed E-state index contributed by atoms with van der Waals surface area (Å²) in [5, 5.41) is 9.65. The van der Waals surface area contributed by atoms with Gasteiger partial charge in [-0.1, -0.05) is 22.6 Å². The first-order valence-electron chi connectivity index (χ1n) is 5.51. The van der Waals surface area contributed by atoms with E-state index in [1.54, 1.807) is 6.92 Å². The number of alkyl halides is 1. The van der Waals surface area contributed by atoms with Gasteiger partial charge in [0.15, 0.2) is 0 Å². The topological polar surface area (TPSA) is 63.6 Å². The zero-order valence-electron chi connectivity index (χ0n) is 9.37. The summed E-state index contributed by atoms with van der Waals surface area (Å²) in [4.78, 5) is 23.7. The Morgan fingerprint density at radius 3 is 2.81 bits per heavy atom. The molecule has 1 fully saturated rings. The van der Waals surface area contributed by atoms with E-state index in [0.717, 1.165) is 0 Å². The number of halogens is 1. The molecule has 0 heterocycles. The summed E-state index contributed by atoms with van der Waals surface area (Å²) in [6, 6.07) is 0. The maximum atomic E-state index is 11.9. The molecule has 16 heavy (non-hydrogen) atoms. The molecule has 1 aliphatic rings. The molecule has 92 valence electrons. The highest BCUT2D eigenvalue weighted by Crippen LogP contribution is 2.40. The van der Waals surface area contributed by atoms with Crippen LogP contribution in [0.3, 0.4) is 0 Å². The number of Topliss-reactive ketones (excluding diaryl/α,β-unsaturated/α-hetero) is 1. The Morgan fingerprint density at radius 2 is 2.38 bits per heavy atom. The SMILES string of the molecule is CCOC(=O)C1(CC(O)CI)CCCC1=O. The van der Waals surface area contributed by atoms with Gasteiger partial charge in [-0.3, -0.25) is 9.59 Å². The number of hydrogen-bond donors (Lipinski definition) is 1. The first kappa shape index (κ1) is 13.9. The fraction of sp³-hybridized carbons (Fsp3) is 0.818. The number of ketones is 1. The summed E-state index contributed by atoms with van der Waals surface area (Å²) < 4.78 is 5.49. The summed E-state index contributed by atoms with van der Waals surface area (Å²) in [5.41, 5.74) is -1.07. The summed E-state index contributed by atoms with van der Waals surface area (Å²) >= 11 is 2.04. The molecular weight excluding hydrogens is 323 g/mol. The predicted molar refractivity (Wildman–Crippen MR) is 67.4 cm³/mol. The Labute approximate surface area is 109 Å². The van der Waals surface area contributed by atoms with Gasteiger partial charge in [-0.05, 0) is 26.2 Å². The molecule has 5 heteroatoms. The van der Waals surface area contributed by atoms with Crippen LogP contribution in [0.25, 0.3) is 0 Å². The molecule has 2 unspecified atom stereocenters. The molecule has 0 spiro atoms. The van der Waals surface area contributed by atoms with Gasteiger partial charge in [-0.2, -0.15) is 0 Å². The number of carbonyl (C=O) groups excluding carboxylic acids is 2. The number of aliphatic hydroxyl groups excluding tert-OH is 1. The van der Waals surface area contributed by atoms with E-state index in [1.165, 1.54) is 0 Å². The van der Waals surface area contributed by atoms with Gasteiger partial charge < -0.3 is 9.84 Å². The summed E-state index contributed by atoms with van der Waals surface area (Å²) in [6.45, 7) is 1.99. The molecule has 2 atom stereocenters. The second-order valence-electron chi connectivity index (χ2n) is 4.09. The number of rotatable bonds is 5. The van der Waals surface area contributed by atoms with Gasteiger partial charge in [0.1, 0.15) is 11.2 Å². The van der Waals surface area contributed by atoms with Gasteiger partial charge in [-0.25, -0.2) is 0 Å². The van der Waals surface area contributed by atoms with Crippen LogP contribution in [0.15, 0.2) is 0 Å². The number of ether oxygens (including phenoxy) is 1. The monoisotopic (exact) mass is 340 g/mol. The maximum absolute atomic E-state index is 11.9. The highest BCUT2D eigenvalue weighted by atomic mass is 127. The Balaban J connectivity index is 2.84. The molecule has 1 rings (SSSR count). The highest BCUT2D eigenvalue weighted by Gasteiger charge is 2.50. The van der Waals surface area contributed by atoms with Crippen molar-refractivity contribution in [3.05, 3.63) is 0 Å². The normalized spacial score (nSPS) is 26.8. The third kappa shape index (κ3) is 2.74. The Kier molecular flexibility index (Phi) is 5.17. The molecule has 0 amide bonds.